The standard InChI is InChI=1S/C14H17BrN2O3/c1-16(9-13(19)17-6-2-3-7-17)14(20)11-5-4-10(15)8-12(11)18/h4-5,8,18H,2-3,6-7,9H2,1H3. The minimum absolute atomic E-state index is 0.0360. The first-order chi connectivity index (χ1) is 9.49. The van der Waals surface area contributed by atoms with E-state index in [1.807, 2.05) is 0 Å². The van der Waals surface area contributed by atoms with Gasteiger partial charge in [0.1, 0.15) is 5.75 Å². The molecule has 0 unspecified atom stereocenters. The molecule has 0 spiro atoms. The molecule has 5 nitrogen and oxygen atoms in total. The van der Waals surface area contributed by atoms with Gasteiger partial charge in [-0.2, -0.15) is 0 Å². The molecule has 0 aliphatic carbocycles. The van der Waals surface area contributed by atoms with Gasteiger partial charge >= 0.3 is 0 Å². The fourth-order valence-corrected chi connectivity index (χ4v) is 2.58. The first-order valence-corrected chi connectivity index (χ1v) is 7.30. The quantitative estimate of drug-likeness (QED) is 0.913. The number of phenols is 1. The maximum atomic E-state index is 12.2. The Labute approximate surface area is 126 Å². The Kier molecular flexibility index (Phi) is 4.65. The van der Waals surface area contributed by atoms with Crippen LogP contribution in [-0.2, 0) is 4.79 Å². The highest BCUT2D eigenvalue weighted by molar-refractivity contribution is 9.10. The number of carbonyl (C=O) groups is 2. The molecule has 0 radical (unpaired) electrons. The van der Waals surface area contributed by atoms with E-state index >= 15 is 0 Å². The number of aromatic hydroxyl groups is 1. The lowest BCUT2D eigenvalue weighted by Crippen LogP contribution is -2.39. The number of likely N-dealkylation sites (N-methyl/N-ethyl adjacent to an activating group) is 1. The number of benzene rings is 1. The van der Waals surface area contributed by atoms with Crippen molar-refractivity contribution in [1.29, 1.82) is 0 Å². The Morgan fingerprint density at radius 2 is 2.00 bits per heavy atom. The summed E-state index contributed by atoms with van der Waals surface area (Å²) in [5, 5.41) is 9.78. The van der Waals surface area contributed by atoms with E-state index in [9.17, 15) is 14.7 Å². The van der Waals surface area contributed by atoms with Gasteiger partial charge in [-0.05, 0) is 31.0 Å². The predicted molar refractivity (Wildman–Crippen MR) is 78.6 cm³/mol. The van der Waals surface area contributed by atoms with Gasteiger partial charge in [0.25, 0.3) is 5.91 Å². The Hall–Kier alpha value is -1.56. The highest BCUT2D eigenvalue weighted by Gasteiger charge is 2.22. The van der Waals surface area contributed by atoms with Crippen molar-refractivity contribution >= 4 is 27.7 Å². The zero-order valence-corrected chi connectivity index (χ0v) is 12.9. The molecule has 1 fully saturated rings. The van der Waals surface area contributed by atoms with E-state index < -0.39 is 0 Å². The molecular formula is C14H17BrN2O3. The van der Waals surface area contributed by atoms with E-state index in [2.05, 4.69) is 15.9 Å². The molecule has 2 amide bonds. The topological polar surface area (TPSA) is 60.9 Å². The van der Waals surface area contributed by atoms with Crippen molar-refractivity contribution in [1.82, 2.24) is 9.80 Å². The second-order valence-corrected chi connectivity index (χ2v) is 5.83. The Morgan fingerprint density at radius 1 is 1.35 bits per heavy atom. The number of carbonyl (C=O) groups excluding carboxylic acids is 2. The van der Waals surface area contributed by atoms with Crippen LogP contribution in [0.4, 0.5) is 0 Å². The van der Waals surface area contributed by atoms with Crippen molar-refractivity contribution in [3.8, 4) is 5.75 Å². The van der Waals surface area contributed by atoms with Gasteiger partial charge < -0.3 is 14.9 Å². The van der Waals surface area contributed by atoms with Crippen molar-refractivity contribution in [3.05, 3.63) is 28.2 Å². The molecule has 1 N–H and O–H groups in total. The summed E-state index contributed by atoms with van der Waals surface area (Å²) in [5.41, 5.74) is 0.199. The van der Waals surface area contributed by atoms with Crippen molar-refractivity contribution < 1.29 is 14.7 Å². The van der Waals surface area contributed by atoms with E-state index in [0.29, 0.717) is 4.47 Å². The third-order valence-electron chi connectivity index (χ3n) is 3.37. The van der Waals surface area contributed by atoms with E-state index in [4.69, 9.17) is 0 Å². The fourth-order valence-electron chi connectivity index (χ4n) is 2.23. The van der Waals surface area contributed by atoms with Crippen LogP contribution >= 0.6 is 15.9 Å². The molecule has 0 saturated carbocycles. The summed E-state index contributed by atoms with van der Waals surface area (Å²) in [4.78, 5) is 27.3. The van der Waals surface area contributed by atoms with Gasteiger partial charge in [-0.3, -0.25) is 9.59 Å². The number of hydrogen-bond acceptors (Lipinski definition) is 3. The summed E-state index contributed by atoms with van der Waals surface area (Å²) >= 11 is 3.22. The third kappa shape index (κ3) is 3.30. The first-order valence-electron chi connectivity index (χ1n) is 6.51. The van der Waals surface area contributed by atoms with Crippen LogP contribution in [0.15, 0.2) is 22.7 Å². The molecule has 20 heavy (non-hydrogen) atoms. The Bertz CT molecular complexity index is 527. The highest BCUT2D eigenvalue weighted by atomic mass is 79.9. The van der Waals surface area contributed by atoms with Gasteiger partial charge in [0.15, 0.2) is 0 Å². The predicted octanol–water partition coefficient (Wildman–Crippen LogP) is 1.85. The molecule has 0 aromatic heterocycles. The van der Waals surface area contributed by atoms with Crippen LogP contribution in [-0.4, -0.2) is 53.4 Å². The van der Waals surface area contributed by atoms with Gasteiger partial charge in [0, 0.05) is 24.6 Å². The van der Waals surface area contributed by atoms with Crippen LogP contribution in [0.3, 0.4) is 0 Å². The number of likely N-dealkylation sites (tertiary alicyclic amines) is 1. The molecule has 1 heterocycles. The summed E-state index contributed by atoms with van der Waals surface area (Å²) in [7, 11) is 1.57. The number of nitrogens with zero attached hydrogens (tertiary/aromatic N) is 2. The lowest BCUT2D eigenvalue weighted by atomic mass is 10.2. The molecule has 0 bridgehead atoms. The molecule has 1 aromatic rings. The van der Waals surface area contributed by atoms with E-state index in [1.165, 1.54) is 11.0 Å². The fraction of sp³-hybridized carbons (Fsp3) is 0.429. The third-order valence-corrected chi connectivity index (χ3v) is 3.86. The molecule has 108 valence electrons. The second kappa shape index (κ2) is 6.26. The average Bonchev–Trinajstić information content (AvgIpc) is 2.91. The van der Waals surface area contributed by atoms with Crippen LogP contribution < -0.4 is 0 Å². The molecule has 2 rings (SSSR count). The van der Waals surface area contributed by atoms with Crippen molar-refractivity contribution in [2.45, 2.75) is 12.8 Å². The van der Waals surface area contributed by atoms with Crippen LogP contribution in [0.2, 0.25) is 0 Å². The average molecular weight is 341 g/mol. The van der Waals surface area contributed by atoms with Gasteiger partial charge in [0.05, 0.1) is 12.1 Å². The number of amides is 2. The smallest absolute Gasteiger partial charge is 0.257 e. The lowest BCUT2D eigenvalue weighted by molar-refractivity contribution is -0.130. The largest absolute Gasteiger partial charge is 0.507 e. The van der Waals surface area contributed by atoms with Crippen LogP contribution in [0.5, 0.6) is 5.75 Å². The van der Waals surface area contributed by atoms with Crippen LogP contribution in [0, 0.1) is 0 Å². The molecule has 1 aliphatic heterocycles. The summed E-state index contributed by atoms with van der Waals surface area (Å²) in [6, 6.07) is 4.69. The molecule has 1 aromatic carbocycles. The maximum absolute atomic E-state index is 12.2. The number of halogens is 1. The molecule has 6 heteroatoms. The lowest BCUT2D eigenvalue weighted by Gasteiger charge is -2.21. The zero-order valence-electron chi connectivity index (χ0n) is 11.3. The number of rotatable bonds is 3. The Morgan fingerprint density at radius 3 is 2.60 bits per heavy atom. The summed E-state index contributed by atoms with van der Waals surface area (Å²) in [6.07, 6.45) is 2.05. The van der Waals surface area contributed by atoms with E-state index in [-0.39, 0.29) is 29.7 Å². The molecule has 0 atom stereocenters. The normalized spacial score (nSPS) is 14.4. The highest BCUT2D eigenvalue weighted by Crippen LogP contribution is 2.23. The Balaban J connectivity index is 2.02. The van der Waals surface area contributed by atoms with Crippen LogP contribution in [0.1, 0.15) is 23.2 Å². The monoisotopic (exact) mass is 340 g/mol. The molecule has 1 saturated heterocycles. The second-order valence-electron chi connectivity index (χ2n) is 4.91. The summed E-state index contributed by atoms with van der Waals surface area (Å²) < 4.78 is 0.697. The minimum Gasteiger partial charge on any atom is -0.507 e. The van der Waals surface area contributed by atoms with E-state index in [1.54, 1.807) is 24.1 Å². The number of phenolic OH excluding ortho intramolecular Hbond substituents is 1. The SMILES string of the molecule is CN(CC(=O)N1CCCC1)C(=O)c1ccc(Br)cc1O. The van der Waals surface area contributed by atoms with Crippen molar-refractivity contribution in [2.24, 2.45) is 0 Å². The summed E-state index contributed by atoms with van der Waals surface area (Å²) in [5.74, 6) is -0.498. The van der Waals surface area contributed by atoms with Gasteiger partial charge in [-0.25, -0.2) is 0 Å². The molecular weight excluding hydrogens is 324 g/mol. The number of hydrogen-bond donors (Lipinski definition) is 1. The first kappa shape index (κ1) is 14.8. The van der Waals surface area contributed by atoms with Crippen molar-refractivity contribution in [3.63, 3.8) is 0 Å². The maximum Gasteiger partial charge on any atom is 0.257 e. The molecule has 1 aliphatic rings. The van der Waals surface area contributed by atoms with Gasteiger partial charge in [-0.1, -0.05) is 15.9 Å². The van der Waals surface area contributed by atoms with Gasteiger partial charge in [-0.15, -0.1) is 0 Å². The minimum atomic E-state index is -0.359. The van der Waals surface area contributed by atoms with Crippen molar-refractivity contribution in [2.75, 3.05) is 26.7 Å². The zero-order chi connectivity index (χ0) is 14.7. The summed E-state index contributed by atoms with van der Waals surface area (Å²) in [6.45, 7) is 1.57. The van der Waals surface area contributed by atoms with E-state index in [0.717, 1.165) is 25.9 Å². The van der Waals surface area contributed by atoms with Gasteiger partial charge in [0.2, 0.25) is 5.91 Å². The van der Waals surface area contributed by atoms with Crippen LogP contribution in [0.25, 0.3) is 0 Å².